The molecule has 0 saturated carbocycles. The van der Waals surface area contributed by atoms with Crippen LogP contribution in [0.1, 0.15) is 9.67 Å². The van der Waals surface area contributed by atoms with Crippen molar-refractivity contribution in [3.05, 3.63) is 17.0 Å². The fourth-order valence-electron chi connectivity index (χ4n) is 1.11. The van der Waals surface area contributed by atoms with E-state index in [2.05, 4.69) is 5.32 Å². The third-order valence-corrected chi connectivity index (χ3v) is 3.13. The Morgan fingerprint density at radius 1 is 1.60 bits per heavy atom. The first-order valence-electron chi connectivity index (χ1n) is 4.71. The number of carbonyl (C=O) groups is 1. The van der Waals surface area contributed by atoms with Crippen molar-refractivity contribution < 1.29 is 9.53 Å². The number of hydrogen-bond acceptors (Lipinski definition) is 4. The molecule has 1 heterocycles. The second kappa shape index (κ2) is 5.72. The van der Waals surface area contributed by atoms with E-state index in [4.69, 9.17) is 4.74 Å². The molecule has 0 spiro atoms. The molecule has 1 aromatic rings. The molecular weight excluding hydrogens is 212 g/mol. The summed E-state index contributed by atoms with van der Waals surface area (Å²) < 4.78 is 4.92. The van der Waals surface area contributed by atoms with Crippen LogP contribution in [0.2, 0.25) is 0 Å². The summed E-state index contributed by atoms with van der Waals surface area (Å²) in [6, 6.07) is 3.74. The number of carbonyl (C=O) groups excluding carboxylic acids is 1. The number of ether oxygens (including phenoxy) is 1. The summed E-state index contributed by atoms with van der Waals surface area (Å²) in [4.78, 5) is 14.2. The molecule has 0 bridgehead atoms. The Hall–Kier alpha value is -1.07. The van der Waals surface area contributed by atoms with Crippen LogP contribution in [0, 0.1) is 0 Å². The van der Waals surface area contributed by atoms with Crippen molar-refractivity contribution in [2.24, 2.45) is 0 Å². The van der Waals surface area contributed by atoms with E-state index in [9.17, 15) is 4.79 Å². The van der Waals surface area contributed by atoms with Gasteiger partial charge in [-0.2, -0.15) is 0 Å². The number of methoxy groups -OCH3 is 1. The predicted molar refractivity (Wildman–Crippen MR) is 62.7 cm³/mol. The van der Waals surface area contributed by atoms with E-state index in [1.54, 1.807) is 19.1 Å². The number of thiophene rings is 1. The second-order valence-electron chi connectivity index (χ2n) is 3.13. The Labute approximate surface area is 93.8 Å². The minimum Gasteiger partial charge on any atom is -0.383 e. The highest BCUT2D eigenvalue weighted by Crippen LogP contribution is 2.22. The minimum absolute atomic E-state index is 0.0403. The molecule has 0 radical (unpaired) electrons. The minimum atomic E-state index is 0.0403. The van der Waals surface area contributed by atoms with E-state index in [0.29, 0.717) is 13.2 Å². The zero-order chi connectivity index (χ0) is 11.3. The fraction of sp³-hybridized carbons (Fsp3) is 0.500. The molecule has 5 heteroatoms. The highest BCUT2D eigenvalue weighted by Gasteiger charge is 2.13. The highest BCUT2D eigenvalue weighted by atomic mass is 32.1. The third-order valence-electron chi connectivity index (χ3n) is 2.04. The average molecular weight is 228 g/mol. The fourth-order valence-corrected chi connectivity index (χ4v) is 1.96. The Bertz CT molecular complexity index is 325. The quantitative estimate of drug-likeness (QED) is 0.830. The van der Waals surface area contributed by atoms with Gasteiger partial charge < -0.3 is 15.0 Å². The molecule has 0 saturated heterocycles. The van der Waals surface area contributed by atoms with Gasteiger partial charge in [0.1, 0.15) is 0 Å². The van der Waals surface area contributed by atoms with Gasteiger partial charge in [0.2, 0.25) is 0 Å². The maximum atomic E-state index is 11.8. The number of nitrogens with one attached hydrogen (secondary N) is 1. The van der Waals surface area contributed by atoms with E-state index >= 15 is 0 Å². The summed E-state index contributed by atoms with van der Waals surface area (Å²) >= 11 is 1.46. The van der Waals surface area contributed by atoms with Crippen LogP contribution in [0.4, 0.5) is 5.00 Å². The summed E-state index contributed by atoms with van der Waals surface area (Å²) in [6.07, 6.45) is 0. The first-order chi connectivity index (χ1) is 7.19. The molecule has 0 unspecified atom stereocenters. The largest absolute Gasteiger partial charge is 0.383 e. The standard InChI is InChI=1S/C10H16N2O2S/c1-11-9-5-4-8(15-9)10(13)12(2)6-7-14-3/h4-5,11H,6-7H2,1-3H3. The number of rotatable bonds is 5. The Balaban J connectivity index is 2.59. The van der Waals surface area contributed by atoms with E-state index in [0.717, 1.165) is 9.88 Å². The molecule has 1 aromatic heterocycles. The van der Waals surface area contributed by atoms with E-state index in [1.165, 1.54) is 11.3 Å². The van der Waals surface area contributed by atoms with Gasteiger partial charge in [-0.25, -0.2) is 0 Å². The summed E-state index contributed by atoms with van der Waals surface area (Å²) in [5.74, 6) is 0.0403. The Kier molecular flexibility index (Phi) is 4.58. The van der Waals surface area contributed by atoms with Crippen molar-refractivity contribution in [3.8, 4) is 0 Å². The summed E-state index contributed by atoms with van der Waals surface area (Å²) in [5.41, 5.74) is 0. The molecular formula is C10H16N2O2S. The molecule has 84 valence electrons. The highest BCUT2D eigenvalue weighted by molar-refractivity contribution is 7.17. The lowest BCUT2D eigenvalue weighted by atomic mass is 10.4. The van der Waals surface area contributed by atoms with E-state index in [1.807, 2.05) is 19.2 Å². The van der Waals surface area contributed by atoms with Gasteiger partial charge in [0, 0.05) is 27.7 Å². The lowest BCUT2D eigenvalue weighted by Gasteiger charge is -2.15. The zero-order valence-corrected chi connectivity index (χ0v) is 10.1. The molecule has 0 fully saturated rings. The van der Waals surface area contributed by atoms with E-state index in [-0.39, 0.29) is 5.91 Å². The predicted octanol–water partition coefficient (Wildman–Crippen LogP) is 1.51. The van der Waals surface area contributed by atoms with Crippen LogP contribution in [0.5, 0.6) is 0 Å². The number of anilines is 1. The van der Waals surface area contributed by atoms with Crippen LogP contribution in [0.3, 0.4) is 0 Å². The average Bonchev–Trinajstić information content (AvgIpc) is 2.73. The van der Waals surface area contributed by atoms with Gasteiger partial charge in [-0.05, 0) is 12.1 Å². The molecule has 1 amide bonds. The van der Waals surface area contributed by atoms with Crippen LogP contribution in [0.15, 0.2) is 12.1 Å². The van der Waals surface area contributed by atoms with Crippen LogP contribution in [-0.4, -0.2) is 45.2 Å². The smallest absolute Gasteiger partial charge is 0.263 e. The van der Waals surface area contributed by atoms with Crippen molar-refractivity contribution in [2.75, 3.05) is 39.7 Å². The van der Waals surface area contributed by atoms with Gasteiger partial charge >= 0.3 is 0 Å². The third kappa shape index (κ3) is 3.21. The van der Waals surface area contributed by atoms with Crippen molar-refractivity contribution in [1.29, 1.82) is 0 Å². The Morgan fingerprint density at radius 2 is 2.33 bits per heavy atom. The maximum absolute atomic E-state index is 11.8. The van der Waals surface area contributed by atoms with Crippen molar-refractivity contribution in [3.63, 3.8) is 0 Å². The van der Waals surface area contributed by atoms with Crippen molar-refractivity contribution in [2.45, 2.75) is 0 Å². The molecule has 0 atom stereocenters. The molecule has 1 N–H and O–H groups in total. The van der Waals surface area contributed by atoms with Crippen LogP contribution < -0.4 is 5.32 Å². The van der Waals surface area contributed by atoms with Crippen LogP contribution in [0.25, 0.3) is 0 Å². The number of likely N-dealkylation sites (N-methyl/N-ethyl adjacent to an activating group) is 1. The number of nitrogens with zero attached hydrogens (tertiary/aromatic N) is 1. The molecule has 4 nitrogen and oxygen atoms in total. The summed E-state index contributed by atoms with van der Waals surface area (Å²) in [6.45, 7) is 1.18. The topological polar surface area (TPSA) is 41.6 Å². The first-order valence-corrected chi connectivity index (χ1v) is 5.52. The van der Waals surface area contributed by atoms with Gasteiger partial charge in [-0.1, -0.05) is 0 Å². The van der Waals surface area contributed by atoms with Gasteiger partial charge in [0.05, 0.1) is 16.5 Å². The van der Waals surface area contributed by atoms with Crippen molar-refractivity contribution >= 4 is 22.2 Å². The van der Waals surface area contributed by atoms with Gasteiger partial charge in [0.15, 0.2) is 0 Å². The molecule has 0 aromatic carbocycles. The molecule has 1 rings (SSSR count). The molecule has 0 aliphatic heterocycles. The number of amides is 1. The SMILES string of the molecule is CNc1ccc(C(=O)N(C)CCOC)s1. The normalized spacial score (nSPS) is 10.1. The lowest BCUT2D eigenvalue weighted by Crippen LogP contribution is -2.29. The summed E-state index contributed by atoms with van der Waals surface area (Å²) in [7, 11) is 5.25. The maximum Gasteiger partial charge on any atom is 0.263 e. The summed E-state index contributed by atoms with van der Waals surface area (Å²) in [5, 5.41) is 4.01. The number of hydrogen-bond donors (Lipinski definition) is 1. The Morgan fingerprint density at radius 3 is 2.87 bits per heavy atom. The first kappa shape index (κ1) is 12.0. The molecule has 15 heavy (non-hydrogen) atoms. The van der Waals surface area contributed by atoms with Crippen LogP contribution >= 0.6 is 11.3 Å². The van der Waals surface area contributed by atoms with Crippen LogP contribution in [-0.2, 0) is 4.74 Å². The van der Waals surface area contributed by atoms with Gasteiger partial charge in [-0.3, -0.25) is 4.79 Å². The van der Waals surface area contributed by atoms with Crippen molar-refractivity contribution in [1.82, 2.24) is 4.90 Å². The zero-order valence-electron chi connectivity index (χ0n) is 9.24. The van der Waals surface area contributed by atoms with Gasteiger partial charge in [-0.15, -0.1) is 11.3 Å². The van der Waals surface area contributed by atoms with Gasteiger partial charge in [0.25, 0.3) is 5.91 Å². The molecule has 0 aliphatic carbocycles. The molecule has 0 aliphatic rings. The second-order valence-corrected chi connectivity index (χ2v) is 4.22. The monoisotopic (exact) mass is 228 g/mol. The van der Waals surface area contributed by atoms with E-state index < -0.39 is 0 Å². The lowest BCUT2D eigenvalue weighted by molar-refractivity contribution is 0.0749.